The van der Waals surface area contributed by atoms with Crippen LogP contribution in [0.1, 0.15) is 15.5 Å². The SMILES string of the molecule is COCC1CN(S(=O)(=O)c2cc3ccc(Cl)cc3s2)CC(=O)N1Cc1nc(C(=O)O)cs1. The number of carboxylic acid groups (broad SMARTS) is 1. The molecule has 1 aliphatic heterocycles. The molecule has 1 unspecified atom stereocenters. The van der Waals surface area contributed by atoms with E-state index in [0.29, 0.717) is 10.0 Å². The number of fused-ring (bicyclic) bond motifs is 1. The van der Waals surface area contributed by atoms with Crippen LogP contribution in [-0.4, -0.2) is 72.4 Å². The Morgan fingerprint density at radius 1 is 1.38 bits per heavy atom. The van der Waals surface area contributed by atoms with Gasteiger partial charge < -0.3 is 14.7 Å². The maximum Gasteiger partial charge on any atom is 0.355 e. The Hall–Kier alpha value is -2.09. The lowest BCUT2D eigenvalue weighted by molar-refractivity contribution is -0.139. The fourth-order valence-electron chi connectivity index (χ4n) is 3.44. The molecule has 0 aliphatic carbocycles. The van der Waals surface area contributed by atoms with Crippen LogP contribution in [0.3, 0.4) is 0 Å². The van der Waals surface area contributed by atoms with Gasteiger partial charge >= 0.3 is 5.97 Å². The summed E-state index contributed by atoms with van der Waals surface area (Å²) < 4.78 is 33.9. The number of carbonyl (C=O) groups excluding carboxylic acids is 1. The van der Waals surface area contributed by atoms with Crippen molar-refractivity contribution in [2.45, 2.75) is 16.8 Å². The number of rotatable bonds is 7. The fourth-order valence-corrected chi connectivity index (χ4v) is 7.46. The van der Waals surface area contributed by atoms with Gasteiger partial charge in [0.2, 0.25) is 5.91 Å². The number of hydrogen-bond acceptors (Lipinski definition) is 8. The summed E-state index contributed by atoms with van der Waals surface area (Å²) in [6, 6.07) is 6.19. The minimum Gasteiger partial charge on any atom is -0.476 e. The normalized spacial score (nSPS) is 17.9. The second-order valence-corrected chi connectivity index (χ2v) is 11.7. The van der Waals surface area contributed by atoms with Gasteiger partial charge in [0.1, 0.15) is 9.22 Å². The van der Waals surface area contributed by atoms with E-state index in [1.54, 1.807) is 24.3 Å². The molecule has 1 aliphatic rings. The van der Waals surface area contributed by atoms with Crippen LogP contribution in [0.15, 0.2) is 33.9 Å². The Labute approximate surface area is 196 Å². The number of aromatic nitrogens is 1. The highest BCUT2D eigenvalue weighted by atomic mass is 35.5. The van der Waals surface area contributed by atoms with Crippen LogP contribution in [0.5, 0.6) is 0 Å². The summed E-state index contributed by atoms with van der Waals surface area (Å²) in [4.78, 5) is 29.5. The van der Waals surface area contributed by atoms with E-state index in [4.69, 9.17) is 21.4 Å². The lowest BCUT2D eigenvalue weighted by Crippen LogP contribution is -2.58. The smallest absolute Gasteiger partial charge is 0.355 e. The van der Waals surface area contributed by atoms with Crippen molar-refractivity contribution in [3.05, 3.63) is 45.4 Å². The first-order valence-corrected chi connectivity index (χ1v) is 12.9. The summed E-state index contributed by atoms with van der Waals surface area (Å²) >= 11 is 8.25. The zero-order chi connectivity index (χ0) is 23.0. The molecule has 1 atom stereocenters. The van der Waals surface area contributed by atoms with Crippen LogP contribution in [0.4, 0.5) is 0 Å². The highest BCUT2D eigenvalue weighted by Gasteiger charge is 2.39. The molecule has 1 N–H and O–H groups in total. The van der Waals surface area contributed by atoms with Gasteiger partial charge in [0.15, 0.2) is 5.69 Å². The van der Waals surface area contributed by atoms with E-state index in [1.807, 2.05) is 0 Å². The summed E-state index contributed by atoms with van der Waals surface area (Å²) in [6.45, 7) is -0.0696. The third-order valence-corrected chi connectivity index (χ3v) is 9.40. The quantitative estimate of drug-likeness (QED) is 0.514. The highest BCUT2D eigenvalue weighted by Crippen LogP contribution is 2.33. The monoisotopic (exact) mass is 515 g/mol. The Morgan fingerprint density at radius 2 is 2.16 bits per heavy atom. The zero-order valence-corrected chi connectivity index (χ0v) is 19.9. The van der Waals surface area contributed by atoms with Crippen molar-refractivity contribution in [3.8, 4) is 0 Å². The van der Waals surface area contributed by atoms with Crippen molar-refractivity contribution in [3.63, 3.8) is 0 Å². The number of aromatic carboxylic acids is 1. The number of methoxy groups -OCH3 is 1. The molecule has 32 heavy (non-hydrogen) atoms. The van der Waals surface area contributed by atoms with Gasteiger partial charge in [-0.3, -0.25) is 4.79 Å². The van der Waals surface area contributed by atoms with Crippen LogP contribution in [0.25, 0.3) is 10.1 Å². The maximum absolute atomic E-state index is 13.3. The Morgan fingerprint density at radius 3 is 2.84 bits per heavy atom. The third kappa shape index (κ3) is 4.51. The van der Waals surface area contributed by atoms with Crippen LogP contribution >= 0.6 is 34.3 Å². The third-order valence-electron chi connectivity index (χ3n) is 4.98. The lowest BCUT2D eigenvalue weighted by atomic mass is 10.2. The van der Waals surface area contributed by atoms with Gasteiger partial charge in [-0.25, -0.2) is 18.2 Å². The van der Waals surface area contributed by atoms with E-state index >= 15 is 0 Å². The second kappa shape index (κ2) is 9.04. The lowest BCUT2D eigenvalue weighted by Gasteiger charge is -2.39. The van der Waals surface area contributed by atoms with E-state index in [0.717, 1.165) is 37.1 Å². The number of halogens is 1. The molecule has 9 nitrogen and oxygen atoms in total. The van der Waals surface area contributed by atoms with Crippen LogP contribution < -0.4 is 0 Å². The van der Waals surface area contributed by atoms with Crippen molar-refractivity contribution < 1.29 is 27.9 Å². The van der Waals surface area contributed by atoms with Gasteiger partial charge in [-0.1, -0.05) is 17.7 Å². The van der Waals surface area contributed by atoms with Gasteiger partial charge in [0, 0.05) is 28.8 Å². The number of hydrogen-bond donors (Lipinski definition) is 1. The fraction of sp³-hybridized carbons (Fsp3) is 0.316. The van der Waals surface area contributed by atoms with Gasteiger partial charge in [0.25, 0.3) is 10.0 Å². The molecule has 1 aromatic carbocycles. The number of thiophene rings is 1. The molecule has 0 spiro atoms. The number of nitrogens with zero attached hydrogens (tertiary/aromatic N) is 3. The molecule has 0 radical (unpaired) electrons. The Bertz CT molecular complexity index is 1290. The predicted octanol–water partition coefficient (Wildman–Crippen LogP) is 2.76. The number of sulfonamides is 1. The molecule has 4 rings (SSSR count). The molecule has 0 saturated carbocycles. The van der Waals surface area contributed by atoms with Crippen molar-refractivity contribution >= 4 is 66.3 Å². The molecule has 170 valence electrons. The topological polar surface area (TPSA) is 117 Å². The molecule has 13 heteroatoms. The van der Waals surface area contributed by atoms with Crippen molar-refractivity contribution in [2.75, 3.05) is 26.8 Å². The van der Waals surface area contributed by atoms with Crippen LogP contribution in [0, 0.1) is 0 Å². The molecular weight excluding hydrogens is 498 g/mol. The first kappa shape index (κ1) is 23.1. The van der Waals surface area contributed by atoms with Gasteiger partial charge in [-0.15, -0.1) is 22.7 Å². The van der Waals surface area contributed by atoms with E-state index in [1.165, 1.54) is 17.4 Å². The number of piperazine rings is 1. The largest absolute Gasteiger partial charge is 0.476 e. The summed E-state index contributed by atoms with van der Waals surface area (Å²) in [6.07, 6.45) is 0. The first-order valence-electron chi connectivity index (χ1n) is 9.34. The van der Waals surface area contributed by atoms with Crippen LogP contribution in [0.2, 0.25) is 5.02 Å². The summed E-state index contributed by atoms with van der Waals surface area (Å²) in [5.74, 6) is -1.55. The second-order valence-electron chi connectivity index (χ2n) is 7.11. The Balaban J connectivity index is 1.58. The van der Waals surface area contributed by atoms with E-state index in [-0.39, 0.29) is 36.1 Å². The standard InChI is InChI=1S/C19H18ClN3O6S3/c1-29-9-13-6-22(8-17(24)23(13)7-16-21-14(10-30-16)19(25)26)32(27,28)18-4-11-2-3-12(20)5-15(11)31-18/h2-5,10,13H,6-9H2,1H3,(H,25,26). The Kier molecular flexibility index (Phi) is 6.52. The van der Waals surface area contributed by atoms with Gasteiger partial charge in [-0.05, 0) is 23.6 Å². The number of ether oxygens (including phenoxy) is 1. The van der Waals surface area contributed by atoms with Gasteiger partial charge in [-0.2, -0.15) is 4.31 Å². The highest BCUT2D eigenvalue weighted by molar-refractivity contribution is 7.91. The van der Waals surface area contributed by atoms with E-state index in [9.17, 15) is 18.0 Å². The molecule has 1 saturated heterocycles. The molecule has 1 amide bonds. The molecule has 3 aromatic rings. The molecule has 3 heterocycles. The van der Waals surface area contributed by atoms with E-state index in [2.05, 4.69) is 4.98 Å². The number of carboxylic acids is 1. The number of thiazole rings is 1. The minimum absolute atomic E-state index is 0.0497. The number of carbonyl (C=O) groups is 2. The molecular formula is C19H18ClN3O6S3. The predicted molar refractivity (Wildman–Crippen MR) is 121 cm³/mol. The summed E-state index contributed by atoms with van der Waals surface area (Å²) in [7, 11) is -2.44. The summed E-state index contributed by atoms with van der Waals surface area (Å²) in [5.41, 5.74) is -0.0909. The average Bonchev–Trinajstić information content (AvgIpc) is 3.37. The summed E-state index contributed by atoms with van der Waals surface area (Å²) in [5, 5.41) is 12.2. The van der Waals surface area contributed by atoms with Crippen molar-refractivity contribution in [2.24, 2.45) is 0 Å². The number of amides is 1. The van der Waals surface area contributed by atoms with Gasteiger partial charge in [0.05, 0.1) is 25.7 Å². The zero-order valence-electron chi connectivity index (χ0n) is 16.7. The molecule has 2 aromatic heterocycles. The number of benzene rings is 1. The maximum atomic E-state index is 13.3. The molecule has 1 fully saturated rings. The van der Waals surface area contributed by atoms with Crippen molar-refractivity contribution in [1.29, 1.82) is 0 Å². The van der Waals surface area contributed by atoms with Crippen LogP contribution in [-0.2, 0) is 26.1 Å². The first-order chi connectivity index (χ1) is 15.2. The van der Waals surface area contributed by atoms with E-state index < -0.39 is 27.9 Å². The average molecular weight is 516 g/mol. The minimum atomic E-state index is -3.91. The van der Waals surface area contributed by atoms with Crippen molar-refractivity contribution in [1.82, 2.24) is 14.2 Å². The molecule has 0 bridgehead atoms.